The van der Waals surface area contributed by atoms with E-state index in [4.69, 9.17) is 9.26 Å². The summed E-state index contributed by atoms with van der Waals surface area (Å²) in [4.78, 5) is 0.311. The van der Waals surface area contributed by atoms with Gasteiger partial charge in [0.2, 0.25) is 9.84 Å². The Labute approximate surface area is 112 Å². The number of hydrogen-bond donors (Lipinski definition) is 0. The predicted octanol–water partition coefficient (Wildman–Crippen LogP) is 2.64. The summed E-state index contributed by atoms with van der Waals surface area (Å²) in [7, 11) is -2.08. The Bertz CT molecular complexity index is 656. The number of rotatable bonds is 4. The second kappa shape index (κ2) is 5.05. The Hall–Kier alpha value is -1.82. The first kappa shape index (κ1) is 13.6. The van der Waals surface area contributed by atoms with Crippen LogP contribution in [0.4, 0.5) is 0 Å². The second-order valence-electron chi connectivity index (χ2n) is 4.39. The van der Waals surface area contributed by atoms with E-state index in [1.807, 2.05) is 13.8 Å². The normalized spacial score (nSPS) is 11.8. The molecule has 2 aromatic rings. The van der Waals surface area contributed by atoms with Crippen molar-refractivity contribution in [1.82, 2.24) is 5.16 Å². The highest BCUT2D eigenvalue weighted by Crippen LogP contribution is 2.29. The molecule has 6 heteroatoms. The van der Waals surface area contributed by atoms with Crippen LogP contribution in [-0.2, 0) is 9.84 Å². The molecule has 0 N–H and O–H groups in total. The van der Waals surface area contributed by atoms with Gasteiger partial charge in [0.05, 0.1) is 18.2 Å². The molecule has 0 aliphatic carbocycles. The molecule has 0 aliphatic heterocycles. The monoisotopic (exact) mass is 281 g/mol. The minimum atomic E-state index is -3.61. The third-order valence-corrected chi connectivity index (χ3v) is 4.53. The zero-order valence-electron chi connectivity index (χ0n) is 11.0. The molecule has 102 valence electrons. The molecule has 0 amide bonds. The fraction of sp³-hybridized carbons (Fsp3) is 0.308. The number of benzene rings is 1. The Morgan fingerprint density at radius 2 is 1.84 bits per heavy atom. The minimum absolute atomic E-state index is 0.0504. The van der Waals surface area contributed by atoms with Gasteiger partial charge in [-0.3, -0.25) is 0 Å². The van der Waals surface area contributed by atoms with Crippen molar-refractivity contribution in [3.8, 4) is 5.75 Å². The van der Waals surface area contributed by atoms with Gasteiger partial charge in [0.1, 0.15) is 10.6 Å². The first-order valence-electron chi connectivity index (χ1n) is 5.80. The van der Waals surface area contributed by atoms with Crippen LogP contribution in [0.15, 0.2) is 44.8 Å². The van der Waals surface area contributed by atoms with Crippen LogP contribution in [-0.4, -0.2) is 20.7 Å². The molecule has 0 bridgehead atoms. The van der Waals surface area contributed by atoms with Crippen LogP contribution in [0.1, 0.15) is 25.5 Å². The van der Waals surface area contributed by atoms with Gasteiger partial charge in [0, 0.05) is 5.92 Å². The van der Waals surface area contributed by atoms with Gasteiger partial charge >= 0.3 is 0 Å². The van der Waals surface area contributed by atoms with Crippen molar-refractivity contribution in [2.45, 2.75) is 29.6 Å². The molecule has 0 saturated heterocycles. The van der Waals surface area contributed by atoms with Crippen molar-refractivity contribution in [3.05, 3.63) is 36.2 Å². The SMILES string of the molecule is COc1ccc(S(=O)(=O)c2cnoc2C(C)C)cc1. The molecule has 0 fully saturated rings. The van der Waals surface area contributed by atoms with Crippen molar-refractivity contribution in [1.29, 1.82) is 0 Å². The van der Waals surface area contributed by atoms with Gasteiger partial charge in [-0.1, -0.05) is 19.0 Å². The van der Waals surface area contributed by atoms with Gasteiger partial charge < -0.3 is 9.26 Å². The summed E-state index contributed by atoms with van der Waals surface area (Å²) in [5, 5.41) is 3.59. The summed E-state index contributed by atoms with van der Waals surface area (Å²) in [5.74, 6) is 0.926. The Morgan fingerprint density at radius 1 is 1.21 bits per heavy atom. The highest BCUT2D eigenvalue weighted by atomic mass is 32.2. The van der Waals surface area contributed by atoms with Crippen molar-refractivity contribution >= 4 is 9.84 Å². The molecule has 0 unspecified atom stereocenters. The third kappa shape index (κ3) is 2.49. The molecule has 1 aromatic carbocycles. The van der Waals surface area contributed by atoms with Gasteiger partial charge in [0.25, 0.3) is 0 Å². The molecular weight excluding hydrogens is 266 g/mol. The molecule has 0 aliphatic rings. The molecule has 0 saturated carbocycles. The van der Waals surface area contributed by atoms with Gasteiger partial charge in [-0.05, 0) is 24.3 Å². The number of sulfone groups is 1. The summed E-state index contributed by atoms with van der Waals surface area (Å²) < 4.78 is 35.0. The zero-order valence-corrected chi connectivity index (χ0v) is 11.8. The maximum absolute atomic E-state index is 12.5. The summed E-state index contributed by atoms with van der Waals surface area (Å²) in [6.45, 7) is 3.71. The first-order chi connectivity index (χ1) is 8.96. The van der Waals surface area contributed by atoms with Crippen LogP contribution in [0.5, 0.6) is 5.75 Å². The highest BCUT2D eigenvalue weighted by molar-refractivity contribution is 7.91. The summed E-state index contributed by atoms with van der Waals surface area (Å²) in [6, 6.07) is 6.22. The van der Waals surface area contributed by atoms with E-state index in [1.54, 1.807) is 12.1 Å². The highest BCUT2D eigenvalue weighted by Gasteiger charge is 2.26. The van der Waals surface area contributed by atoms with Crippen molar-refractivity contribution in [2.24, 2.45) is 0 Å². The average Bonchev–Trinajstić information content (AvgIpc) is 2.89. The Balaban J connectivity index is 2.49. The van der Waals surface area contributed by atoms with Crippen LogP contribution in [0.25, 0.3) is 0 Å². The maximum Gasteiger partial charge on any atom is 0.211 e. The van der Waals surface area contributed by atoms with E-state index in [0.29, 0.717) is 11.5 Å². The number of ether oxygens (including phenoxy) is 1. The smallest absolute Gasteiger partial charge is 0.211 e. The molecule has 0 spiro atoms. The van der Waals surface area contributed by atoms with Gasteiger partial charge in [0.15, 0.2) is 5.76 Å². The van der Waals surface area contributed by atoms with E-state index in [1.165, 1.54) is 25.4 Å². The lowest BCUT2D eigenvalue weighted by molar-refractivity contribution is 0.366. The number of nitrogens with zero attached hydrogens (tertiary/aromatic N) is 1. The molecule has 1 heterocycles. The third-order valence-electron chi connectivity index (χ3n) is 2.75. The lowest BCUT2D eigenvalue weighted by atomic mass is 10.2. The molecule has 0 radical (unpaired) electrons. The summed E-state index contributed by atoms with van der Waals surface area (Å²) in [5.41, 5.74) is 0. The second-order valence-corrected chi connectivity index (χ2v) is 6.31. The predicted molar refractivity (Wildman–Crippen MR) is 69.0 cm³/mol. The minimum Gasteiger partial charge on any atom is -0.497 e. The summed E-state index contributed by atoms with van der Waals surface area (Å²) >= 11 is 0. The van der Waals surface area contributed by atoms with Gasteiger partial charge in [-0.2, -0.15) is 0 Å². The van der Waals surface area contributed by atoms with Crippen molar-refractivity contribution in [3.63, 3.8) is 0 Å². The van der Waals surface area contributed by atoms with Crippen LogP contribution < -0.4 is 4.74 Å². The Kier molecular flexibility index (Phi) is 3.61. The van der Waals surface area contributed by atoms with E-state index < -0.39 is 9.84 Å². The molecule has 2 rings (SSSR count). The lowest BCUT2D eigenvalue weighted by Crippen LogP contribution is -2.04. The summed E-state index contributed by atoms with van der Waals surface area (Å²) in [6.07, 6.45) is 1.24. The fourth-order valence-electron chi connectivity index (χ4n) is 1.71. The van der Waals surface area contributed by atoms with Gasteiger partial charge in [-0.15, -0.1) is 0 Å². The van der Waals surface area contributed by atoms with E-state index in [0.717, 1.165) is 0 Å². The van der Waals surface area contributed by atoms with E-state index in [9.17, 15) is 8.42 Å². The Morgan fingerprint density at radius 3 is 2.37 bits per heavy atom. The maximum atomic E-state index is 12.5. The van der Waals surface area contributed by atoms with Crippen LogP contribution in [0, 0.1) is 0 Å². The molecular formula is C13H15NO4S. The van der Waals surface area contributed by atoms with Crippen molar-refractivity contribution < 1.29 is 17.7 Å². The topological polar surface area (TPSA) is 69.4 Å². The number of hydrogen-bond acceptors (Lipinski definition) is 5. The zero-order chi connectivity index (χ0) is 14.0. The fourth-order valence-corrected chi connectivity index (χ4v) is 3.18. The van der Waals surface area contributed by atoms with E-state index in [2.05, 4.69) is 5.16 Å². The largest absolute Gasteiger partial charge is 0.497 e. The number of aromatic nitrogens is 1. The first-order valence-corrected chi connectivity index (χ1v) is 7.29. The quantitative estimate of drug-likeness (QED) is 0.861. The average molecular weight is 281 g/mol. The number of methoxy groups -OCH3 is 1. The molecule has 1 aromatic heterocycles. The lowest BCUT2D eigenvalue weighted by Gasteiger charge is -2.06. The molecule has 0 atom stereocenters. The molecule has 5 nitrogen and oxygen atoms in total. The van der Waals surface area contributed by atoms with Crippen molar-refractivity contribution in [2.75, 3.05) is 7.11 Å². The van der Waals surface area contributed by atoms with Crippen LogP contribution in [0.3, 0.4) is 0 Å². The van der Waals surface area contributed by atoms with Crippen LogP contribution in [0.2, 0.25) is 0 Å². The van der Waals surface area contributed by atoms with E-state index in [-0.39, 0.29) is 15.7 Å². The van der Waals surface area contributed by atoms with Crippen LogP contribution >= 0.6 is 0 Å². The van der Waals surface area contributed by atoms with E-state index >= 15 is 0 Å². The van der Waals surface area contributed by atoms with Gasteiger partial charge in [-0.25, -0.2) is 8.42 Å². The molecule has 19 heavy (non-hydrogen) atoms. The standard InChI is InChI=1S/C13H15NO4S/c1-9(2)13-12(8-14-18-13)19(15,16)11-6-4-10(17-3)5-7-11/h4-9H,1-3H3.